The lowest BCUT2D eigenvalue weighted by molar-refractivity contribution is -0.119. The van der Waals surface area contributed by atoms with Gasteiger partial charge in [-0.3, -0.25) is 9.69 Å². The number of aryl methyl sites for hydroxylation is 2. The number of carbonyl (C=O) groups is 2. The van der Waals surface area contributed by atoms with Crippen LogP contribution in [0.3, 0.4) is 0 Å². The Kier molecular flexibility index (Phi) is 4.66. The van der Waals surface area contributed by atoms with Gasteiger partial charge in [-0.05, 0) is 43.0 Å². The Balaban J connectivity index is 1.65. The Hall–Kier alpha value is -2.74. The number of rotatable bonds is 3. The largest absolute Gasteiger partial charge is 0.335 e. The number of benzene rings is 1. The fraction of sp³-hybridized carbons (Fsp3) is 0.316. The zero-order valence-electron chi connectivity index (χ0n) is 15.0. The van der Waals surface area contributed by atoms with Gasteiger partial charge in [-0.2, -0.15) is 0 Å². The molecule has 2 heterocycles. The fourth-order valence-corrected chi connectivity index (χ4v) is 3.78. The minimum absolute atomic E-state index is 0.0529. The number of hydrogen-bond acceptors (Lipinski definition) is 3. The summed E-state index contributed by atoms with van der Waals surface area (Å²) in [5.41, 5.74) is 1.90. The first kappa shape index (κ1) is 18.6. The van der Waals surface area contributed by atoms with E-state index < -0.39 is 34.6 Å². The van der Waals surface area contributed by atoms with E-state index in [4.69, 9.17) is 11.6 Å². The van der Waals surface area contributed by atoms with E-state index >= 15 is 0 Å². The van der Waals surface area contributed by atoms with Crippen LogP contribution in [-0.4, -0.2) is 36.6 Å². The summed E-state index contributed by atoms with van der Waals surface area (Å²) in [6.45, 7) is 0.0529. The van der Waals surface area contributed by atoms with Crippen molar-refractivity contribution in [2.75, 3.05) is 23.4 Å². The number of nitrogens with one attached hydrogen (secondary N) is 1. The van der Waals surface area contributed by atoms with E-state index in [0.29, 0.717) is 5.82 Å². The second-order valence-corrected chi connectivity index (χ2v) is 7.17. The number of aromatic nitrogens is 1. The fourth-order valence-electron chi connectivity index (χ4n) is 3.62. The number of anilines is 2. The number of amides is 3. The van der Waals surface area contributed by atoms with Gasteiger partial charge in [-0.25, -0.2) is 18.6 Å². The minimum atomic E-state index is -1.03. The van der Waals surface area contributed by atoms with Crippen LogP contribution in [0.15, 0.2) is 24.3 Å². The zero-order chi connectivity index (χ0) is 20.0. The third-order valence-electron chi connectivity index (χ3n) is 5.13. The van der Waals surface area contributed by atoms with Crippen molar-refractivity contribution in [2.24, 2.45) is 0 Å². The summed E-state index contributed by atoms with van der Waals surface area (Å²) >= 11 is 5.62. The molecule has 6 nitrogen and oxygen atoms in total. The second kappa shape index (κ2) is 7.01. The average Bonchev–Trinajstić information content (AvgIpc) is 3.30. The van der Waals surface area contributed by atoms with E-state index in [0.717, 1.165) is 47.6 Å². The van der Waals surface area contributed by atoms with Crippen molar-refractivity contribution in [1.82, 2.24) is 10.3 Å². The van der Waals surface area contributed by atoms with Gasteiger partial charge in [0, 0.05) is 19.3 Å². The van der Waals surface area contributed by atoms with Crippen molar-refractivity contribution < 1.29 is 18.4 Å². The van der Waals surface area contributed by atoms with Gasteiger partial charge in [0.2, 0.25) is 0 Å². The number of halogens is 3. The lowest BCUT2D eigenvalue weighted by atomic mass is 10.2. The van der Waals surface area contributed by atoms with Crippen LogP contribution in [0.25, 0.3) is 0 Å². The second-order valence-electron chi connectivity index (χ2n) is 6.79. The van der Waals surface area contributed by atoms with Crippen LogP contribution in [0, 0.1) is 11.6 Å². The number of hydrogen-bond donors (Lipinski definition) is 1. The molecule has 1 aliphatic carbocycles. The van der Waals surface area contributed by atoms with Gasteiger partial charge < -0.3 is 10.2 Å². The molecule has 28 heavy (non-hydrogen) atoms. The number of carbonyl (C=O) groups excluding carboxylic acids is 2. The molecule has 3 amide bonds. The number of nitrogens with zero attached hydrogens (tertiary/aromatic N) is 3. The van der Waals surface area contributed by atoms with Gasteiger partial charge in [0.05, 0.1) is 5.69 Å². The monoisotopic (exact) mass is 406 g/mol. The van der Waals surface area contributed by atoms with Crippen LogP contribution < -0.4 is 15.1 Å². The summed E-state index contributed by atoms with van der Waals surface area (Å²) in [6.07, 6.45) is 2.79. The van der Waals surface area contributed by atoms with Gasteiger partial charge in [0.1, 0.15) is 22.7 Å². The van der Waals surface area contributed by atoms with Gasteiger partial charge in [0.15, 0.2) is 5.82 Å². The minimum Gasteiger partial charge on any atom is -0.335 e. The molecule has 4 rings (SSSR count). The molecule has 0 saturated carbocycles. The standard InChI is InChI=1S/C19H17ClF2N4O2/c1-25(13-7-6-11(21)16(20)17(13)22)18(27)14-9-23-19(28)26(14)15-8-5-10-3-2-4-12(10)24-15/h5-8,14H,2-4,9H2,1H3,(H,23,28). The van der Waals surface area contributed by atoms with Crippen LogP contribution in [0.1, 0.15) is 17.7 Å². The normalized spacial score (nSPS) is 18.2. The Morgan fingerprint density at radius 3 is 2.86 bits per heavy atom. The van der Waals surface area contributed by atoms with Gasteiger partial charge in [0.25, 0.3) is 5.91 Å². The smallest absolute Gasteiger partial charge is 0.323 e. The summed E-state index contributed by atoms with van der Waals surface area (Å²) in [5.74, 6) is -2.11. The average molecular weight is 407 g/mol. The van der Waals surface area contributed by atoms with Gasteiger partial charge >= 0.3 is 6.03 Å². The lowest BCUT2D eigenvalue weighted by Crippen LogP contribution is -2.47. The maximum absolute atomic E-state index is 14.3. The van der Waals surface area contributed by atoms with Crippen molar-refractivity contribution in [2.45, 2.75) is 25.3 Å². The van der Waals surface area contributed by atoms with Crippen molar-refractivity contribution in [3.05, 3.63) is 52.2 Å². The van der Waals surface area contributed by atoms with Crippen molar-refractivity contribution in [3.63, 3.8) is 0 Å². The maximum Gasteiger partial charge on any atom is 0.323 e. The number of urea groups is 1. The molecule has 1 saturated heterocycles. The Bertz CT molecular complexity index is 985. The zero-order valence-corrected chi connectivity index (χ0v) is 15.8. The maximum atomic E-state index is 14.3. The Labute approximate surface area is 165 Å². The van der Waals surface area contributed by atoms with Crippen LogP contribution in [0.2, 0.25) is 5.02 Å². The molecule has 146 valence electrons. The highest BCUT2D eigenvalue weighted by atomic mass is 35.5. The summed E-state index contributed by atoms with van der Waals surface area (Å²) in [4.78, 5) is 32.2. The predicted octanol–water partition coefficient (Wildman–Crippen LogP) is 3.06. The highest BCUT2D eigenvalue weighted by Gasteiger charge is 2.40. The first-order valence-corrected chi connectivity index (χ1v) is 9.23. The van der Waals surface area contributed by atoms with Crippen molar-refractivity contribution in [3.8, 4) is 0 Å². The van der Waals surface area contributed by atoms with E-state index in [-0.39, 0.29) is 12.2 Å². The number of fused-ring (bicyclic) bond motifs is 1. The van der Waals surface area contributed by atoms with E-state index in [2.05, 4.69) is 10.3 Å². The number of pyridine rings is 1. The molecule has 1 aromatic carbocycles. The summed E-state index contributed by atoms with van der Waals surface area (Å²) < 4.78 is 27.8. The molecule has 2 aromatic rings. The van der Waals surface area contributed by atoms with E-state index in [1.54, 1.807) is 6.07 Å². The summed E-state index contributed by atoms with van der Waals surface area (Å²) in [7, 11) is 1.35. The molecule has 0 radical (unpaired) electrons. The van der Waals surface area contributed by atoms with Crippen LogP contribution in [0.5, 0.6) is 0 Å². The number of likely N-dealkylation sites (N-methyl/N-ethyl adjacent to an activating group) is 1. The lowest BCUT2D eigenvalue weighted by Gasteiger charge is -2.27. The molecule has 1 atom stereocenters. The summed E-state index contributed by atoms with van der Waals surface area (Å²) in [6, 6.07) is 4.40. The molecular formula is C19H17ClF2N4O2. The van der Waals surface area contributed by atoms with Crippen molar-refractivity contribution in [1.29, 1.82) is 0 Å². The molecule has 1 aromatic heterocycles. The van der Waals surface area contributed by atoms with Crippen LogP contribution >= 0.6 is 11.6 Å². The molecule has 0 spiro atoms. The molecule has 1 N–H and O–H groups in total. The predicted molar refractivity (Wildman–Crippen MR) is 101 cm³/mol. The van der Waals surface area contributed by atoms with Crippen LogP contribution in [-0.2, 0) is 17.6 Å². The molecule has 0 bridgehead atoms. The molecule has 1 fully saturated rings. The molecule has 9 heteroatoms. The van der Waals surface area contributed by atoms with E-state index in [1.807, 2.05) is 6.07 Å². The molecular weight excluding hydrogens is 390 g/mol. The third-order valence-corrected chi connectivity index (χ3v) is 5.48. The highest BCUT2D eigenvalue weighted by molar-refractivity contribution is 6.31. The summed E-state index contributed by atoms with van der Waals surface area (Å²) in [5, 5.41) is 1.94. The first-order chi connectivity index (χ1) is 13.4. The van der Waals surface area contributed by atoms with E-state index in [1.165, 1.54) is 11.9 Å². The SMILES string of the molecule is CN(C(=O)C1CNC(=O)N1c1ccc2c(n1)CCC2)c1ccc(F)c(Cl)c1F. The molecule has 2 aliphatic rings. The Morgan fingerprint density at radius 1 is 1.29 bits per heavy atom. The van der Waals surface area contributed by atoms with Gasteiger partial charge in [-0.15, -0.1) is 0 Å². The highest BCUT2D eigenvalue weighted by Crippen LogP contribution is 2.30. The Morgan fingerprint density at radius 2 is 2.07 bits per heavy atom. The van der Waals surface area contributed by atoms with Crippen LogP contribution in [0.4, 0.5) is 25.1 Å². The first-order valence-electron chi connectivity index (χ1n) is 8.85. The van der Waals surface area contributed by atoms with Gasteiger partial charge in [-0.1, -0.05) is 17.7 Å². The van der Waals surface area contributed by atoms with Crippen molar-refractivity contribution >= 4 is 35.0 Å². The van der Waals surface area contributed by atoms with E-state index in [9.17, 15) is 18.4 Å². The third kappa shape index (κ3) is 2.97. The quantitative estimate of drug-likeness (QED) is 0.797. The topological polar surface area (TPSA) is 65.5 Å². The molecule has 1 aliphatic heterocycles. The molecule has 1 unspecified atom stereocenters.